The Morgan fingerprint density at radius 2 is 2.10 bits per heavy atom. The van der Waals surface area contributed by atoms with E-state index in [0.29, 0.717) is 12.3 Å². The zero-order valence-electron chi connectivity index (χ0n) is 6.60. The average Bonchev–Trinajstić information content (AvgIpc) is 1.87. The fraction of sp³-hybridized carbons (Fsp3) is 1.00. The number of rotatable bonds is 4. The zero-order valence-corrected chi connectivity index (χ0v) is 6.60. The summed E-state index contributed by atoms with van der Waals surface area (Å²) in [4.78, 5) is 0. The zero-order chi connectivity index (χ0) is 8.20. The number of aliphatic hydroxyl groups is 1. The van der Waals surface area contributed by atoms with Gasteiger partial charge < -0.3 is 10.8 Å². The summed E-state index contributed by atoms with van der Waals surface area (Å²) in [6, 6.07) is 0. The van der Waals surface area contributed by atoms with Crippen LogP contribution in [0.2, 0.25) is 0 Å². The lowest BCUT2D eigenvalue weighted by Gasteiger charge is -2.25. The molecule has 0 aliphatic carbocycles. The molecule has 0 radical (unpaired) electrons. The van der Waals surface area contributed by atoms with Crippen molar-refractivity contribution < 1.29 is 9.50 Å². The minimum atomic E-state index is -1.01. The van der Waals surface area contributed by atoms with E-state index in [1.54, 1.807) is 0 Å². The number of alkyl halides is 1. The van der Waals surface area contributed by atoms with Gasteiger partial charge in [0.1, 0.15) is 6.67 Å². The fourth-order valence-electron chi connectivity index (χ4n) is 0.974. The highest BCUT2D eigenvalue weighted by atomic mass is 19.1. The predicted molar refractivity (Wildman–Crippen MR) is 39.4 cm³/mol. The molecule has 0 aliphatic heterocycles. The lowest BCUT2D eigenvalue weighted by atomic mass is 9.92. The minimum Gasteiger partial charge on any atom is -0.394 e. The van der Waals surface area contributed by atoms with Gasteiger partial charge in [0, 0.05) is 0 Å². The second kappa shape index (κ2) is 3.88. The van der Waals surface area contributed by atoms with E-state index in [2.05, 4.69) is 0 Å². The molecule has 0 rings (SSSR count). The number of hydrogen-bond donors (Lipinski definition) is 2. The number of nitrogens with two attached hydrogens (primary N) is 1. The molecule has 0 heterocycles. The van der Waals surface area contributed by atoms with E-state index in [1.807, 2.05) is 13.8 Å². The highest BCUT2D eigenvalue weighted by molar-refractivity contribution is 4.83. The van der Waals surface area contributed by atoms with Crippen molar-refractivity contribution in [3.8, 4) is 0 Å². The highest BCUT2D eigenvalue weighted by Gasteiger charge is 2.24. The van der Waals surface area contributed by atoms with E-state index in [-0.39, 0.29) is 6.61 Å². The van der Waals surface area contributed by atoms with Crippen LogP contribution in [0.3, 0.4) is 0 Å². The van der Waals surface area contributed by atoms with Crippen LogP contribution < -0.4 is 5.73 Å². The molecule has 10 heavy (non-hydrogen) atoms. The average molecular weight is 149 g/mol. The summed E-state index contributed by atoms with van der Waals surface area (Å²) in [5, 5.41) is 8.67. The monoisotopic (exact) mass is 149 g/mol. The van der Waals surface area contributed by atoms with Gasteiger partial charge in [-0.05, 0) is 12.3 Å². The van der Waals surface area contributed by atoms with Gasteiger partial charge in [-0.25, -0.2) is 4.39 Å². The van der Waals surface area contributed by atoms with Crippen LogP contribution in [-0.2, 0) is 0 Å². The van der Waals surface area contributed by atoms with E-state index >= 15 is 0 Å². The Kier molecular flexibility index (Phi) is 3.83. The molecule has 0 spiro atoms. The highest BCUT2D eigenvalue weighted by Crippen LogP contribution is 2.13. The maximum Gasteiger partial charge on any atom is 0.110 e. The molecular weight excluding hydrogens is 133 g/mol. The van der Waals surface area contributed by atoms with Gasteiger partial charge >= 0.3 is 0 Å². The summed E-state index contributed by atoms with van der Waals surface area (Å²) < 4.78 is 12.1. The van der Waals surface area contributed by atoms with Gasteiger partial charge in [-0.1, -0.05) is 13.8 Å². The summed E-state index contributed by atoms with van der Waals surface area (Å²) in [6.07, 6.45) is 0.528. The summed E-state index contributed by atoms with van der Waals surface area (Å²) in [7, 11) is 0. The molecule has 0 saturated heterocycles. The summed E-state index contributed by atoms with van der Waals surface area (Å²) in [6.45, 7) is 2.98. The number of halogens is 1. The molecule has 3 heteroatoms. The standard InChI is InChI=1S/C7H16FNO/c1-6(2)3-7(9,4-8)5-10/h6,10H,3-5,9H2,1-2H3/t7-/m0/s1. The summed E-state index contributed by atoms with van der Waals surface area (Å²) >= 11 is 0. The number of aliphatic hydroxyl groups excluding tert-OH is 1. The van der Waals surface area contributed by atoms with Gasteiger partial charge in [0.05, 0.1) is 12.1 Å². The van der Waals surface area contributed by atoms with Crippen LogP contribution in [0.1, 0.15) is 20.3 Å². The van der Waals surface area contributed by atoms with Gasteiger partial charge in [-0.2, -0.15) is 0 Å². The van der Waals surface area contributed by atoms with Gasteiger partial charge in [0.2, 0.25) is 0 Å². The Hall–Kier alpha value is -0.150. The normalized spacial score (nSPS) is 17.4. The second-order valence-corrected chi connectivity index (χ2v) is 3.25. The number of hydrogen-bond acceptors (Lipinski definition) is 2. The molecule has 62 valence electrons. The van der Waals surface area contributed by atoms with Gasteiger partial charge in [-0.15, -0.1) is 0 Å². The van der Waals surface area contributed by atoms with Crippen molar-refractivity contribution in [1.82, 2.24) is 0 Å². The van der Waals surface area contributed by atoms with Gasteiger partial charge in [0.15, 0.2) is 0 Å². The molecule has 0 unspecified atom stereocenters. The van der Waals surface area contributed by atoms with E-state index in [9.17, 15) is 4.39 Å². The largest absolute Gasteiger partial charge is 0.394 e. The topological polar surface area (TPSA) is 46.2 Å². The molecule has 0 bridgehead atoms. The molecule has 0 fully saturated rings. The van der Waals surface area contributed by atoms with Crippen molar-refractivity contribution in [1.29, 1.82) is 0 Å². The van der Waals surface area contributed by atoms with Crippen LogP contribution >= 0.6 is 0 Å². The van der Waals surface area contributed by atoms with Gasteiger partial charge in [0.25, 0.3) is 0 Å². The Labute approximate surface area is 61.2 Å². The minimum absolute atomic E-state index is 0.276. The van der Waals surface area contributed by atoms with Gasteiger partial charge in [-0.3, -0.25) is 0 Å². The third kappa shape index (κ3) is 3.13. The Bertz CT molecular complexity index is 91.6. The van der Waals surface area contributed by atoms with Crippen LogP contribution in [0.4, 0.5) is 4.39 Å². The first-order chi connectivity index (χ1) is 4.54. The van der Waals surface area contributed by atoms with E-state index in [4.69, 9.17) is 10.8 Å². The molecule has 0 saturated carbocycles. The third-order valence-corrected chi connectivity index (χ3v) is 1.40. The maximum absolute atomic E-state index is 12.1. The first kappa shape index (κ1) is 9.85. The predicted octanol–water partition coefficient (Wildman–Crippen LogP) is 0.692. The Morgan fingerprint density at radius 1 is 1.60 bits per heavy atom. The van der Waals surface area contributed by atoms with Crippen molar-refractivity contribution in [3.05, 3.63) is 0 Å². The maximum atomic E-state index is 12.1. The molecule has 0 aromatic heterocycles. The molecular formula is C7H16FNO. The second-order valence-electron chi connectivity index (χ2n) is 3.25. The molecule has 2 nitrogen and oxygen atoms in total. The smallest absolute Gasteiger partial charge is 0.110 e. The van der Waals surface area contributed by atoms with E-state index in [1.165, 1.54) is 0 Å². The molecule has 3 N–H and O–H groups in total. The van der Waals surface area contributed by atoms with Crippen LogP contribution in [-0.4, -0.2) is 23.9 Å². The van der Waals surface area contributed by atoms with E-state index in [0.717, 1.165) is 0 Å². The summed E-state index contributed by atoms with van der Waals surface area (Å²) in [5.41, 5.74) is 4.47. The van der Waals surface area contributed by atoms with Crippen molar-refractivity contribution in [2.24, 2.45) is 11.7 Å². The Balaban J connectivity index is 3.80. The first-order valence-electron chi connectivity index (χ1n) is 3.50. The van der Waals surface area contributed by atoms with Crippen LogP contribution in [0.15, 0.2) is 0 Å². The third-order valence-electron chi connectivity index (χ3n) is 1.40. The lowest BCUT2D eigenvalue weighted by molar-refractivity contribution is 0.145. The van der Waals surface area contributed by atoms with E-state index < -0.39 is 12.2 Å². The Morgan fingerprint density at radius 3 is 2.20 bits per heavy atom. The SMILES string of the molecule is CC(C)C[C@@](N)(CO)CF. The molecule has 0 aromatic carbocycles. The quantitative estimate of drug-likeness (QED) is 0.617. The van der Waals surface area contributed by atoms with Crippen LogP contribution in [0.25, 0.3) is 0 Å². The lowest BCUT2D eigenvalue weighted by Crippen LogP contribution is -2.47. The molecule has 0 amide bonds. The van der Waals surface area contributed by atoms with Crippen LogP contribution in [0.5, 0.6) is 0 Å². The molecule has 0 aromatic rings. The summed E-state index contributed by atoms with van der Waals surface area (Å²) in [5.74, 6) is 0.327. The van der Waals surface area contributed by atoms with Crippen molar-refractivity contribution >= 4 is 0 Å². The van der Waals surface area contributed by atoms with Crippen molar-refractivity contribution in [3.63, 3.8) is 0 Å². The van der Waals surface area contributed by atoms with Crippen molar-refractivity contribution in [2.75, 3.05) is 13.3 Å². The fourth-order valence-corrected chi connectivity index (χ4v) is 0.974. The first-order valence-corrected chi connectivity index (χ1v) is 3.50. The van der Waals surface area contributed by atoms with Crippen molar-refractivity contribution in [2.45, 2.75) is 25.8 Å². The molecule has 1 atom stereocenters. The van der Waals surface area contributed by atoms with Crippen LogP contribution in [0, 0.1) is 5.92 Å². The molecule has 0 aliphatic rings.